The van der Waals surface area contributed by atoms with Crippen LogP contribution in [0.1, 0.15) is 36.2 Å². The minimum atomic E-state index is -0.920. The van der Waals surface area contributed by atoms with E-state index in [2.05, 4.69) is 21.8 Å². The molecule has 0 spiro atoms. The minimum Gasteiger partial charge on any atom is -0.481 e. The number of fused-ring (bicyclic) bond motifs is 1. The van der Waals surface area contributed by atoms with Gasteiger partial charge in [-0.15, -0.1) is 0 Å². The molecule has 0 atom stereocenters. The van der Waals surface area contributed by atoms with Crippen molar-refractivity contribution in [2.24, 2.45) is 5.41 Å². The van der Waals surface area contributed by atoms with Crippen LogP contribution >= 0.6 is 11.6 Å². The number of carbonyl (C=O) groups excluding carboxylic acids is 1. The smallest absolute Gasteiger partial charge is 0.304 e. The number of ether oxygens (including phenoxy) is 1. The summed E-state index contributed by atoms with van der Waals surface area (Å²) in [5.74, 6) is 4.75. The number of anilines is 2. The second kappa shape index (κ2) is 7.97. The van der Waals surface area contributed by atoms with Crippen molar-refractivity contribution in [3.05, 3.63) is 40.7 Å². The molecule has 1 aromatic heterocycles. The van der Waals surface area contributed by atoms with Gasteiger partial charge in [-0.25, -0.2) is 9.97 Å². The van der Waals surface area contributed by atoms with Gasteiger partial charge in [0.05, 0.1) is 18.0 Å². The first kappa shape index (κ1) is 20.4. The van der Waals surface area contributed by atoms with Gasteiger partial charge in [-0.3, -0.25) is 9.59 Å². The Kier molecular flexibility index (Phi) is 5.62. The summed E-state index contributed by atoms with van der Waals surface area (Å²) in [6.45, 7) is 4.01. The third kappa shape index (κ3) is 4.58. The number of hydrogen-bond donors (Lipinski definition) is 2. The van der Waals surface area contributed by atoms with Crippen molar-refractivity contribution in [2.45, 2.75) is 20.3 Å². The quantitative estimate of drug-likeness (QED) is 0.741. The molecule has 1 aliphatic heterocycles. The third-order valence-electron chi connectivity index (χ3n) is 4.25. The Morgan fingerprint density at radius 2 is 2.17 bits per heavy atom. The van der Waals surface area contributed by atoms with Crippen molar-refractivity contribution in [3.63, 3.8) is 0 Å². The van der Waals surface area contributed by atoms with E-state index in [9.17, 15) is 9.59 Å². The van der Waals surface area contributed by atoms with Gasteiger partial charge in [0.25, 0.3) is 5.91 Å². The van der Waals surface area contributed by atoms with Gasteiger partial charge in [-0.1, -0.05) is 23.4 Å². The number of nitrogen functional groups attached to an aromatic ring is 1. The van der Waals surface area contributed by atoms with Gasteiger partial charge in [-0.05, 0) is 32.0 Å². The summed E-state index contributed by atoms with van der Waals surface area (Å²) in [5, 5.41) is 9.30. The van der Waals surface area contributed by atoms with Crippen LogP contribution < -0.4 is 15.4 Å². The lowest BCUT2D eigenvalue weighted by Crippen LogP contribution is -2.32. The summed E-state index contributed by atoms with van der Waals surface area (Å²) in [6.07, 6.45) is 1.16. The van der Waals surface area contributed by atoms with Crippen molar-refractivity contribution in [3.8, 4) is 17.7 Å². The molecule has 2 heterocycles. The van der Waals surface area contributed by atoms with Crippen LogP contribution in [0.5, 0.6) is 5.88 Å². The van der Waals surface area contributed by atoms with Gasteiger partial charge in [0.15, 0.2) is 0 Å². The molecule has 1 amide bonds. The first-order chi connectivity index (χ1) is 13.7. The second-order valence-electron chi connectivity index (χ2n) is 7.11. The average molecular weight is 415 g/mol. The molecule has 0 unspecified atom stereocenters. The summed E-state index contributed by atoms with van der Waals surface area (Å²) in [6, 6.07) is 5.02. The van der Waals surface area contributed by atoms with Crippen LogP contribution in [-0.4, -0.2) is 40.1 Å². The molecular weight excluding hydrogens is 396 g/mol. The molecule has 0 bridgehead atoms. The highest BCUT2D eigenvalue weighted by Gasteiger charge is 2.29. The predicted molar refractivity (Wildman–Crippen MR) is 108 cm³/mol. The van der Waals surface area contributed by atoms with Crippen LogP contribution in [0.2, 0.25) is 5.02 Å². The summed E-state index contributed by atoms with van der Waals surface area (Å²) >= 11 is 6.37. The summed E-state index contributed by atoms with van der Waals surface area (Å²) in [5.41, 5.74) is 6.34. The molecule has 0 saturated heterocycles. The number of aliphatic carboxylic acids is 1. The number of halogens is 1. The molecule has 3 N–H and O–H groups in total. The molecule has 1 aromatic carbocycles. The van der Waals surface area contributed by atoms with E-state index in [1.165, 1.54) is 11.2 Å². The molecular formula is C20H19ClN4O4. The minimum absolute atomic E-state index is 0.0427. The van der Waals surface area contributed by atoms with Gasteiger partial charge in [0.1, 0.15) is 24.3 Å². The number of amides is 1. The van der Waals surface area contributed by atoms with Crippen LogP contribution in [0.25, 0.3) is 0 Å². The maximum Gasteiger partial charge on any atom is 0.304 e. The van der Waals surface area contributed by atoms with E-state index in [-0.39, 0.29) is 42.7 Å². The molecule has 1 aliphatic rings. The van der Waals surface area contributed by atoms with E-state index in [0.29, 0.717) is 16.3 Å². The van der Waals surface area contributed by atoms with E-state index in [4.69, 9.17) is 27.2 Å². The fourth-order valence-electron chi connectivity index (χ4n) is 2.84. The lowest BCUT2D eigenvalue weighted by molar-refractivity contribution is -0.138. The highest BCUT2D eigenvalue weighted by atomic mass is 35.5. The van der Waals surface area contributed by atoms with Gasteiger partial charge in [0, 0.05) is 16.7 Å². The molecule has 0 aliphatic carbocycles. The highest BCUT2D eigenvalue weighted by molar-refractivity contribution is 6.32. The molecule has 3 rings (SSSR count). The Labute approximate surface area is 172 Å². The molecule has 9 heteroatoms. The normalized spacial score (nSPS) is 13.6. The van der Waals surface area contributed by atoms with Crippen LogP contribution in [0.3, 0.4) is 0 Å². The van der Waals surface area contributed by atoms with E-state index < -0.39 is 11.4 Å². The average Bonchev–Trinajstić information content (AvgIpc) is 2.79. The lowest BCUT2D eigenvalue weighted by atomic mass is 9.90. The maximum atomic E-state index is 13.0. The maximum absolute atomic E-state index is 13.0. The molecule has 0 fully saturated rings. The topological polar surface area (TPSA) is 119 Å². The van der Waals surface area contributed by atoms with E-state index in [1.54, 1.807) is 32.0 Å². The van der Waals surface area contributed by atoms with Gasteiger partial charge < -0.3 is 20.5 Å². The first-order valence-electron chi connectivity index (χ1n) is 8.77. The van der Waals surface area contributed by atoms with Crippen molar-refractivity contribution < 1.29 is 19.4 Å². The second-order valence-corrected chi connectivity index (χ2v) is 7.52. The lowest BCUT2D eigenvalue weighted by Gasteiger charge is -2.20. The fraction of sp³-hybridized carbons (Fsp3) is 0.300. The zero-order valence-electron chi connectivity index (χ0n) is 15.9. The fourth-order valence-corrected chi connectivity index (χ4v) is 3.06. The predicted octanol–water partition coefficient (Wildman–Crippen LogP) is 2.60. The number of rotatable bonds is 3. The SMILES string of the molecule is CC(C)(C#Cc1ccc(N2CCOc3ncnc(N)c3C2=O)cc1Cl)CC(=O)O. The first-order valence-corrected chi connectivity index (χ1v) is 9.15. The van der Waals surface area contributed by atoms with Crippen molar-refractivity contribution in [1.29, 1.82) is 0 Å². The number of nitrogens with two attached hydrogens (primary N) is 1. The molecule has 8 nitrogen and oxygen atoms in total. The monoisotopic (exact) mass is 414 g/mol. The Hall–Kier alpha value is -3.31. The molecule has 0 saturated carbocycles. The number of aromatic nitrogens is 2. The van der Waals surface area contributed by atoms with Crippen LogP contribution in [0.4, 0.5) is 11.5 Å². The molecule has 0 radical (unpaired) electrons. The van der Waals surface area contributed by atoms with Gasteiger partial charge in [0.2, 0.25) is 5.88 Å². The highest BCUT2D eigenvalue weighted by Crippen LogP contribution is 2.30. The number of carboxylic acid groups (broad SMARTS) is 1. The molecule has 29 heavy (non-hydrogen) atoms. The van der Waals surface area contributed by atoms with Crippen LogP contribution in [0, 0.1) is 17.3 Å². The van der Waals surface area contributed by atoms with Crippen molar-refractivity contribution in [1.82, 2.24) is 9.97 Å². The summed E-state index contributed by atoms with van der Waals surface area (Å²) < 4.78 is 5.52. The zero-order valence-corrected chi connectivity index (χ0v) is 16.7. The van der Waals surface area contributed by atoms with Gasteiger partial charge >= 0.3 is 5.97 Å². The standard InChI is InChI=1S/C20H19ClN4O4/c1-20(2,10-15(26)27)6-5-12-3-4-13(9-14(12)21)25-7-8-29-18-16(19(25)28)17(22)23-11-24-18/h3-4,9,11H,7-8,10H2,1-2H3,(H,26,27)(H2,22,23,24). The third-order valence-corrected chi connectivity index (χ3v) is 4.56. The Bertz CT molecular complexity index is 1040. The number of nitrogens with zero attached hydrogens (tertiary/aromatic N) is 3. The van der Waals surface area contributed by atoms with Crippen molar-refractivity contribution >= 4 is 35.0 Å². The number of benzene rings is 1. The number of hydrogen-bond acceptors (Lipinski definition) is 6. The Morgan fingerprint density at radius 1 is 1.41 bits per heavy atom. The van der Waals surface area contributed by atoms with Gasteiger partial charge in [-0.2, -0.15) is 0 Å². The van der Waals surface area contributed by atoms with E-state index in [1.807, 2.05) is 0 Å². The van der Waals surface area contributed by atoms with E-state index in [0.717, 1.165) is 0 Å². The van der Waals surface area contributed by atoms with Crippen LogP contribution in [-0.2, 0) is 4.79 Å². The van der Waals surface area contributed by atoms with Crippen LogP contribution in [0.15, 0.2) is 24.5 Å². The Balaban J connectivity index is 1.90. The zero-order chi connectivity index (χ0) is 21.2. The number of carbonyl (C=O) groups is 2. The molecule has 150 valence electrons. The summed E-state index contributed by atoms with van der Waals surface area (Å²) in [7, 11) is 0. The Morgan fingerprint density at radius 3 is 2.86 bits per heavy atom. The molecule has 2 aromatic rings. The van der Waals surface area contributed by atoms with E-state index >= 15 is 0 Å². The largest absolute Gasteiger partial charge is 0.481 e. The van der Waals surface area contributed by atoms with Crippen molar-refractivity contribution in [2.75, 3.05) is 23.8 Å². The summed E-state index contributed by atoms with van der Waals surface area (Å²) in [4.78, 5) is 33.2. The number of carboxylic acids is 1.